The first kappa shape index (κ1) is 15.3. The standard InChI is InChI=1S/C16H21NO4S/c1-19-12-9-14(21-3)13(20-2)8-11(12)16-17(6-7-22-16)15(18)10-4-5-10/h8-10,16H,4-7H2,1-3H3. The molecule has 0 radical (unpaired) electrons. The van der Waals surface area contributed by atoms with Gasteiger partial charge in [0, 0.05) is 29.8 Å². The van der Waals surface area contributed by atoms with E-state index in [-0.39, 0.29) is 17.2 Å². The minimum atomic E-state index is -0.0112. The van der Waals surface area contributed by atoms with Crippen LogP contribution in [0.15, 0.2) is 12.1 Å². The summed E-state index contributed by atoms with van der Waals surface area (Å²) in [5.41, 5.74) is 0.969. The molecule has 2 fully saturated rings. The molecule has 5 nitrogen and oxygen atoms in total. The van der Waals surface area contributed by atoms with Crippen LogP contribution >= 0.6 is 11.8 Å². The predicted octanol–water partition coefficient (Wildman–Crippen LogP) is 2.70. The van der Waals surface area contributed by atoms with Gasteiger partial charge >= 0.3 is 0 Å². The first-order valence-corrected chi connectivity index (χ1v) is 8.46. The molecule has 0 aromatic heterocycles. The van der Waals surface area contributed by atoms with Crippen molar-refractivity contribution in [2.45, 2.75) is 18.2 Å². The molecule has 1 aliphatic heterocycles. The zero-order valence-corrected chi connectivity index (χ0v) is 13.9. The molecule has 1 atom stereocenters. The second-order valence-electron chi connectivity index (χ2n) is 5.48. The van der Waals surface area contributed by atoms with Crippen molar-refractivity contribution in [1.82, 2.24) is 4.90 Å². The molecule has 1 amide bonds. The number of hydrogen-bond donors (Lipinski definition) is 0. The molecule has 1 saturated carbocycles. The average molecular weight is 323 g/mol. The fraction of sp³-hybridized carbons (Fsp3) is 0.562. The Balaban J connectivity index is 1.96. The fourth-order valence-corrected chi connectivity index (χ4v) is 4.04. The molecule has 0 bridgehead atoms. The molecular formula is C16H21NO4S. The predicted molar refractivity (Wildman–Crippen MR) is 85.7 cm³/mol. The van der Waals surface area contributed by atoms with Crippen LogP contribution in [0, 0.1) is 5.92 Å². The Kier molecular flexibility index (Phi) is 4.38. The molecule has 1 aromatic carbocycles. The maximum absolute atomic E-state index is 12.5. The van der Waals surface area contributed by atoms with Gasteiger partial charge in [-0.1, -0.05) is 0 Å². The zero-order valence-electron chi connectivity index (χ0n) is 13.1. The van der Waals surface area contributed by atoms with Crippen LogP contribution in [0.3, 0.4) is 0 Å². The highest BCUT2D eigenvalue weighted by Gasteiger charge is 2.40. The van der Waals surface area contributed by atoms with Crippen LogP contribution in [0.2, 0.25) is 0 Å². The highest BCUT2D eigenvalue weighted by molar-refractivity contribution is 7.99. The maximum Gasteiger partial charge on any atom is 0.226 e. The summed E-state index contributed by atoms with van der Waals surface area (Å²) in [6.07, 6.45) is 2.05. The number of methoxy groups -OCH3 is 3. The van der Waals surface area contributed by atoms with E-state index in [2.05, 4.69) is 0 Å². The van der Waals surface area contributed by atoms with E-state index < -0.39 is 0 Å². The normalized spacial score (nSPS) is 20.9. The van der Waals surface area contributed by atoms with Crippen molar-refractivity contribution < 1.29 is 19.0 Å². The zero-order chi connectivity index (χ0) is 15.7. The maximum atomic E-state index is 12.5. The second-order valence-corrected chi connectivity index (χ2v) is 6.67. The third-order valence-electron chi connectivity index (χ3n) is 4.10. The first-order chi connectivity index (χ1) is 10.7. The summed E-state index contributed by atoms with van der Waals surface area (Å²) in [5, 5.41) is -0.0112. The van der Waals surface area contributed by atoms with Crippen molar-refractivity contribution in [3.63, 3.8) is 0 Å². The monoisotopic (exact) mass is 323 g/mol. The minimum absolute atomic E-state index is 0.0112. The lowest BCUT2D eigenvalue weighted by molar-refractivity contribution is -0.132. The number of rotatable bonds is 5. The molecule has 1 unspecified atom stereocenters. The van der Waals surface area contributed by atoms with E-state index in [4.69, 9.17) is 14.2 Å². The number of amides is 1. The largest absolute Gasteiger partial charge is 0.496 e. The summed E-state index contributed by atoms with van der Waals surface area (Å²) in [5.74, 6) is 3.46. The quantitative estimate of drug-likeness (QED) is 0.834. The Morgan fingerprint density at radius 1 is 1.09 bits per heavy atom. The lowest BCUT2D eigenvalue weighted by Gasteiger charge is -2.26. The number of ether oxygens (including phenoxy) is 3. The highest BCUT2D eigenvalue weighted by atomic mass is 32.2. The van der Waals surface area contributed by atoms with Crippen molar-refractivity contribution in [3.05, 3.63) is 17.7 Å². The van der Waals surface area contributed by atoms with Gasteiger partial charge in [0.25, 0.3) is 0 Å². The number of thioether (sulfide) groups is 1. The third-order valence-corrected chi connectivity index (χ3v) is 5.35. The van der Waals surface area contributed by atoms with E-state index in [0.29, 0.717) is 11.5 Å². The number of carbonyl (C=O) groups excluding carboxylic acids is 1. The Morgan fingerprint density at radius 2 is 1.73 bits per heavy atom. The van der Waals surface area contributed by atoms with Crippen molar-refractivity contribution in [1.29, 1.82) is 0 Å². The molecular weight excluding hydrogens is 302 g/mol. The Hall–Kier alpha value is -1.56. The smallest absolute Gasteiger partial charge is 0.226 e. The van der Waals surface area contributed by atoms with Crippen molar-refractivity contribution in [2.75, 3.05) is 33.6 Å². The van der Waals surface area contributed by atoms with Crippen LogP contribution in [0.25, 0.3) is 0 Å². The van der Waals surface area contributed by atoms with Gasteiger partial charge in [0.1, 0.15) is 11.1 Å². The van der Waals surface area contributed by atoms with Crippen LogP contribution in [0.5, 0.6) is 17.2 Å². The van der Waals surface area contributed by atoms with E-state index in [1.54, 1.807) is 33.1 Å². The van der Waals surface area contributed by atoms with Gasteiger partial charge in [-0.05, 0) is 18.9 Å². The van der Waals surface area contributed by atoms with Crippen LogP contribution in [-0.2, 0) is 4.79 Å². The van der Waals surface area contributed by atoms with Crippen molar-refractivity contribution in [2.24, 2.45) is 5.92 Å². The van der Waals surface area contributed by atoms with Gasteiger partial charge in [0.05, 0.1) is 21.3 Å². The Labute approximate surface area is 134 Å². The molecule has 0 N–H and O–H groups in total. The number of nitrogens with zero attached hydrogens (tertiary/aromatic N) is 1. The molecule has 1 aromatic rings. The summed E-state index contributed by atoms with van der Waals surface area (Å²) in [4.78, 5) is 14.5. The van der Waals surface area contributed by atoms with Gasteiger partial charge in [-0.3, -0.25) is 4.79 Å². The SMILES string of the molecule is COc1cc(OC)c(C2SCCN2C(=O)C2CC2)cc1OC. The van der Waals surface area contributed by atoms with E-state index in [1.165, 1.54) is 0 Å². The molecule has 0 spiro atoms. The molecule has 2 aliphatic rings. The Morgan fingerprint density at radius 3 is 2.32 bits per heavy atom. The van der Waals surface area contributed by atoms with E-state index in [9.17, 15) is 4.79 Å². The van der Waals surface area contributed by atoms with Gasteiger partial charge in [-0.2, -0.15) is 0 Å². The summed E-state index contributed by atoms with van der Waals surface area (Å²) >= 11 is 1.77. The van der Waals surface area contributed by atoms with Crippen LogP contribution in [0.1, 0.15) is 23.8 Å². The number of hydrogen-bond acceptors (Lipinski definition) is 5. The van der Waals surface area contributed by atoms with Gasteiger partial charge in [0.15, 0.2) is 11.5 Å². The summed E-state index contributed by atoms with van der Waals surface area (Å²) in [6, 6.07) is 3.75. The van der Waals surface area contributed by atoms with Gasteiger partial charge in [-0.15, -0.1) is 11.8 Å². The lowest BCUT2D eigenvalue weighted by Crippen LogP contribution is -2.31. The van der Waals surface area contributed by atoms with Gasteiger partial charge < -0.3 is 19.1 Å². The second kappa shape index (κ2) is 6.28. The van der Waals surface area contributed by atoms with Gasteiger partial charge in [0.2, 0.25) is 5.91 Å². The minimum Gasteiger partial charge on any atom is -0.496 e. The van der Waals surface area contributed by atoms with Crippen molar-refractivity contribution >= 4 is 17.7 Å². The van der Waals surface area contributed by atoms with E-state index >= 15 is 0 Å². The summed E-state index contributed by atoms with van der Waals surface area (Å²) in [7, 11) is 4.85. The van der Waals surface area contributed by atoms with Crippen LogP contribution in [-0.4, -0.2) is 44.4 Å². The third kappa shape index (κ3) is 2.72. The van der Waals surface area contributed by atoms with Crippen LogP contribution < -0.4 is 14.2 Å². The molecule has 1 aliphatic carbocycles. The molecule has 120 valence electrons. The highest BCUT2D eigenvalue weighted by Crippen LogP contribution is 2.47. The molecule has 3 rings (SSSR count). The summed E-state index contributed by atoms with van der Waals surface area (Å²) < 4.78 is 16.2. The van der Waals surface area contributed by atoms with Gasteiger partial charge in [-0.25, -0.2) is 0 Å². The molecule has 22 heavy (non-hydrogen) atoms. The fourth-order valence-electron chi connectivity index (χ4n) is 2.76. The van der Waals surface area contributed by atoms with Crippen molar-refractivity contribution in [3.8, 4) is 17.2 Å². The average Bonchev–Trinajstić information content (AvgIpc) is 3.29. The molecule has 6 heteroatoms. The van der Waals surface area contributed by atoms with E-state index in [0.717, 1.165) is 36.5 Å². The number of carbonyl (C=O) groups is 1. The molecule has 1 heterocycles. The first-order valence-electron chi connectivity index (χ1n) is 7.41. The van der Waals surface area contributed by atoms with E-state index in [1.807, 2.05) is 17.0 Å². The molecule has 1 saturated heterocycles. The van der Waals surface area contributed by atoms with Crippen LogP contribution in [0.4, 0.5) is 0 Å². The summed E-state index contributed by atoms with van der Waals surface area (Å²) in [6.45, 7) is 0.794. The lowest BCUT2D eigenvalue weighted by atomic mass is 10.1. The topological polar surface area (TPSA) is 48.0 Å². The number of benzene rings is 1. The Bertz CT molecular complexity index is 574.